The molecule has 0 radical (unpaired) electrons. The van der Waals surface area contributed by atoms with Gasteiger partial charge in [0.25, 0.3) is 0 Å². The molecular formula is C7H6Cl2OS. The summed E-state index contributed by atoms with van der Waals surface area (Å²) < 4.78 is 0. The molecule has 0 aliphatic rings. The fourth-order valence-electron chi connectivity index (χ4n) is 0.650. The van der Waals surface area contributed by atoms with Crippen LogP contribution in [0.5, 0.6) is 0 Å². The molecule has 0 aromatic carbocycles. The number of hydrogen-bond donors (Lipinski definition) is 0. The van der Waals surface area contributed by atoms with Crippen molar-refractivity contribution < 1.29 is 4.79 Å². The van der Waals surface area contributed by atoms with E-state index in [-0.39, 0.29) is 5.78 Å². The maximum Gasteiger partial charge on any atom is 0.191 e. The van der Waals surface area contributed by atoms with Gasteiger partial charge in [-0.05, 0) is 18.4 Å². The van der Waals surface area contributed by atoms with Crippen molar-refractivity contribution in [1.29, 1.82) is 0 Å². The molecule has 4 heteroatoms. The largest absolute Gasteiger partial charge is 0.292 e. The summed E-state index contributed by atoms with van der Waals surface area (Å²) in [6, 6.07) is 1.69. The van der Waals surface area contributed by atoms with Gasteiger partial charge in [0.2, 0.25) is 0 Å². The van der Waals surface area contributed by atoms with E-state index in [1.54, 1.807) is 18.4 Å². The lowest BCUT2D eigenvalue weighted by Gasteiger charge is -1.98. The van der Waals surface area contributed by atoms with Crippen molar-refractivity contribution in [2.75, 3.05) is 0 Å². The molecular weight excluding hydrogens is 203 g/mol. The summed E-state index contributed by atoms with van der Waals surface area (Å²) in [5.41, 5.74) is 0. The number of alkyl halides is 1. The average molecular weight is 209 g/mol. The lowest BCUT2D eigenvalue weighted by molar-refractivity contribution is 0.0996. The summed E-state index contributed by atoms with van der Waals surface area (Å²) in [7, 11) is 0. The van der Waals surface area contributed by atoms with Crippen LogP contribution in [0.1, 0.15) is 16.6 Å². The number of halogens is 2. The summed E-state index contributed by atoms with van der Waals surface area (Å²) in [4.78, 5) is 11.8. The van der Waals surface area contributed by atoms with Crippen LogP contribution in [0.15, 0.2) is 11.4 Å². The Labute approximate surface area is 78.9 Å². The Balaban J connectivity index is 2.93. The zero-order valence-corrected chi connectivity index (χ0v) is 8.13. The van der Waals surface area contributed by atoms with Crippen molar-refractivity contribution in [2.45, 2.75) is 12.3 Å². The lowest BCUT2D eigenvalue weighted by atomic mass is 10.2. The normalized spacial score (nSPS) is 13.0. The average Bonchev–Trinajstić information content (AvgIpc) is 2.33. The van der Waals surface area contributed by atoms with Gasteiger partial charge in [0.1, 0.15) is 0 Å². The highest BCUT2D eigenvalue weighted by atomic mass is 35.5. The van der Waals surface area contributed by atoms with Crippen LogP contribution in [0.3, 0.4) is 0 Å². The first-order chi connectivity index (χ1) is 5.13. The van der Waals surface area contributed by atoms with Crippen molar-refractivity contribution in [3.8, 4) is 0 Å². The second kappa shape index (κ2) is 3.57. The minimum absolute atomic E-state index is 0.105. The van der Waals surface area contributed by atoms with E-state index in [1.807, 2.05) is 0 Å². The summed E-state index contributed by atoms with van der Waals surface area (Å²) in [5, 5.41) is 1.77. The Morgan fingerprint density at radius 1 is 1.73 bits per heavy atom. The van der Waals surface area contributed by atoms with Crippen LogP contribution in [-0.2, 0) is 0 Å². The SMILES string of the molecule is CC(Cl)C(=O)c1sccc1Cl. The van der Waals surface area contributed by atoms with Crippen LogP contribution >= 0.6 is 34.5 Å². The molecule has 0 fully saturated rings. The van der Waals surface area contributed by atoms with Crippen LogP contribution in [0.4, 0.5) is 0 Å². The van der Waals surface area contributed by atoms with Gasteiger partial charge in [-0.25, -0.2) is 0 Å². The van der Waals surface area contributed by atoms with Crippen LogP contribution in [0, 0.1) is 0 Å². The molecule has 1 atom stereocenters. The quantitative estimate of drug-likeness (QED) is 0.539. The fourth-order valence-corrected chi connectivity index (χ4v) is 2.00. The molecule has 1 nitrogen and oxygen atoms in total. The number of carbonyl (C=O) groups is 1. The molecule has 0 aliphatic carbocycles. The van der Waals surface area contributed by atoms with Crippen molar-refractivity contribution in [2.24, 2.45) is 0 Å². The molecule has 0 aliphatic heterocycles. The molecule has 11 heavy (non-hydrogen) atoms. The third-order valence-electron chi connectivity index (χ3n) is 1.20. The van der Waals surface area contributed by atoms with Gasteiger partial charge in [-0.3, -0.25) is 4.79 Å². The van der Waals surface area contributed by atoms with Crippen molar-refractivity contribution in [3.05, 3.63) is 21.3 Å². The number of hydrogen-bond acceptors (Lipinski definition) is 2. The minimum Gasteiger partial charge on any atom is -0.292 e. The monoisotopic (exact) mass is 208 g/mol. The molecule has 0 spiro atoms. The fraction of sp³-hybridized carbons (Fsp3) is 0.286. The Morgan fingerprint density at radius 2 is 2.36 bits per heavy atom. The third kappa shape index (κ3) is 1.95. The maximum absolute atomic E-state index is 11.2. The van der Waals surface area contributed by atoms with Gasteiger partial charge in [0, 0.05) is 0 Å². The van der Waals surface area contributed by atoms with E-state index in [0.29, 0.717) is 9.90 Å². The van der Waals surface area contributed by atoms with Crippen molar-refractivity contribution >= 4 is 40.3 Å². The van der Waals surface area contributed by atoms with Gasteiger partial charge in [-0.15, -0.1) is 22.9 Å². The molecule has 1 aromatic rings. The molecule has 0 N–H and O–H groups in total. The van der Waals surface area contributed by atoms with E-state index in [2.05, 4.69) is 0 Å². The number of thiophene rings is 1. The van der Waals surface area contributed by atoms with E-state index in [4.69, 9.17) is 23.2 Å². The van der Waals surface area contributed by atoms with Crippen LogP contribution in [0.25, 0.3) is 0 Å². The molecule has 1 rings (SSSR count). The minimum atomic E-state index is -0.494. The Hall–Kier alpha value is -0.0500. The number of ketones is 1. The van der Waals surface area contributed by atoms with Crippen LogP contribution in [-0.4, -0.2) is 11.2 Å². The first-order valence-electron chi connectivity index (χ1n) is 3.04. The Morgan fingerprint density at radius 3 is 2.73 bits per heavy atom. The summed E-state index contributed by atoms with van der Waals surface area (Å²) >= 11 is 12.6. The van der Waals surface area contributed by atoms with Gasteiger partial charge in [0.15, 0.2) is 5.78 Å². The second-order valence-electron chi connectivity index (χ2n) is 2.08. The summed E-state index contributed by atoms with van der Waals surface area (Å²) in [6.07, 6.45) is 0. The first-order valence-corrected chi connectivity index (χ1v) is 4.73. The Kier molecular flexibility index (Phi) is 2.93. The first kappa shape index (κ1) is 9.04. The van der Waals surface area contributed by atoms with E-state index >= 15 is 0 Å². The highest BCUT2D eigenvalue weighted by Gasteiger charge is 2.16. The number of rotatable bonds is 2. The Bertz CT molecular complexity index is 267. The van der Waals surface area contributed by atoms with Gasteiger partial charge in [0.05, 0.1) is 15.3 Å². The highest BCUT2D eigenvalue weighted by Crippen LogP contribution is 2.24. The standard InChI is InChI=1S/C7H6Cl2OS/c1-4(8)6(10)7-5(9)2-3-11-7/h2-4H,1H3. The van der Waals surface area contributed by atoms with Crippen LogP contribution in [0.2, 0.25) is 5.02 Å². The van der Waals surface area contributed by atoms with Gasteiger partial charge in [-0.2, -0.15) is 0 Å². The molecule has 1 unspecified atom stereocenters. The number of Topliss-reactive ketones (excluding diaryl/α,β-unsaturated/α-hetero) is 1. The molecule has 0 bridgehead atoms. The summed E-state index contributed by atoms with van der Waals surface area (Å²) in [5.74, 6) is -0.105. The molecule has 1 heterocycles. The topological polar surface area (TPSA) is 17.1 Å². The lowest BCUT2D eigenvalue weighted by Crippen LogP contribution is -2.08. The highest BCUT2D eigenvalue weighted by molar-refractivity contribution is 7.13. The second-order valence-corrected chi connectivity index (χ2v) is 4.06. The van der Waals surface area contributed by atoms with E-state index in [9.17, 15) is 4.79 Å². The van der Waals surface area contributed by atoms with E-state index in [1.165, 1.54) is 11.3 Å². The smallest absolute Gasteiger partial charge is 0.191 e. The number of carbonyl (C=O) groups excluding carboxylic acids is 1. The molecule has 0 amide bonds. The predicted octanol–water partition coefficient (Wildman–Crippen LogP) is 3.21. The predicted molar refractivity (Wildman–Crippen MR) is 49.0 cm³/mol. The molecule has 1 aromatic heterocycles. The molecule has 0 saturated heterocycles. The summed E-state index contributed by atoms with van der Waals surface area (Å²) in [6.45, 7) is 1.64. The maximum atomic E-state index is 11.2. The zero-order valence-electron chi connectivity index (χ0n) is 5.80. The van der Waals surface area contributed by atoms with E-state index < -0.39 is 5.38 Å². The third-order valence-corrected chi connectivity index (χ3v) is 2.76. The van der Waals surface area contributed by atoms with Crippen molar-refractivity contribution in [1.82, 2.24) is 0 Å². The zero-order chi connectivity index (χ0) is 8.43. The van der Waals surface area contributed by atoms with Gasteiger partial charge >= 0.3 is 0 Å². The van der Waals surface area contributed by atoms with Gasteiger partial charge in [-0.1, -0.05) is 11.6 Å². The van der Waals surface area contributed by atoms with Crippen LogP contribution < -0.4 is 0 Å². The van der Waals surface area contributed by atoms with Crippen molar-refractivity contribution in [3.63, 3.8) is 0 Å². The van der Waals surface area contributed by atoms with E-state index in [0.717, 1.165) is 0 Å². The molecule has 0 saturated carbocycles. The molecule has 60 valence electrons. The van der Waals surface area contributed by atoms with Gasteiger partial charge < -0.3 is 0 Å².